The lowest BCUT2D eigenvalue weighted by Crippen LogP contribution is -2.43. The van der Waals surface area contributed by atoms with Crippen LogP contribution in [0.3, 0.4) is 0 Å². The average Bonchev–Trinajstić information content (AvgIpc) is 2.62. The van der Waals surface area contributed by atoms with Gasteiger partial charge in [0.1, 0.15) is 11.5 Å². The van der Waals surface area contributed by atoms with Crippen LogP contribution in [0.2, 0.25) is 6.32 Å². The zero-order valence-electron chi connectivity index (χ0n) is 15.3. The van der Waals surface area contributed by atoms with Crippen molar-refractivity contribution < 1.29 is 9.47 Å². The largest absolute Gasteiger partial charge is 0.494 e. The first-order valence-corrected chi connectivity index (χ1v) is 8.93. The molecule has 0 fully saturated rings. The van der Waals surface area contributed by atoms with Crippen molar-refractivity contribution in [3.63, 3.8) is 0 Å². The summed E-state index contributed by atoms with van der Waals surface area (Å²) in [5.41, 5.74) is 3.81. The summed E-state index contributed by atoms with van der Waals surface area (Å²) >= 11 is 0. The standard InChI is InChI=1S/C22H27BO2/c1-5-9-18-17-21(25-8-4)14-15-22(18)23(16-6-2)19-10-12-20(13-11-19)24-7-3/h5-6,10-15,17H,1-2,7-9,16H2,3-4H3. The Bertz CT molecular complexity index is 692. The molecule has 0 bridgehead atoms. The number of benzene rings is 2. The van der Waals surface area contributed by atoms with E-state index in [2.05, 4.69) is 43.5 Å². The first-order chi connectivity index (χ1) is 12.2. The number of allylic oxidation sites excluding steroid dienone is 2. The highest BCUT2D eigenvalue weighted by Crippen LogP contribution is 2.15. The van der Waals surface area contributed by atoms with Crippen LogP contribution in [0.4, 0.5) is 0 Å². The van der Waals surface area contributed by atoms with E-state index in [0.717, 1.165) is 24.2 Å². The van der Waals surface area contributed by atoms with Gasteiger partial charge in [0.15, 0.2) is 0 Å². The summed E-state index contributed by atoms with van der Waals surface area (Å²) in [7, 11) is 0. The third-order valence-electron chi connectivity index (χ3n) is 4.16. The van der Waals surface area contributed by atoms with Crippen LogP contribution in [0.25, 0.3) is 0 Å². The van der Waals surface area contributed by atoms with E-state index >= 15 is 0 Å². The molecule has 0 aliphatic rings. The smallest absolute Gasteiger partial charge is 0.213 e. The minimum absolute atomic E-state index is 0.263. The van der Waals surface area contributed by atoms with Gasteiger partial charge >= 0.3 is 0 Å². The van der Waals surface area contributed by atoms with Crippen LogP contribution in [-0.2, 0) is 6.42 Å². The number of rotatable bonds is 10. The topological polar surface area (TPSA) is 18.5 Å². The minimum Gasteiger partial charge on any atom is -0.494 e. The molecule has 2 aromatic carbocycles. The van der Waals surface area contributed by atoms with Crippen LogP contribution in [-0.4, -0.2) is 19.9 Å². The normalized spacial score (nSPS) is 10.2. The van der Waals surface area contributed by atoms with Gasteiger partial charge in [-0.2, -0.15) is 0 Å². The molecule has 0 aromatic heterocycles. The van der Waals surface area contributed by atoms with Crippen LogP contribution in [0.1, 0.15) is 19.4 Å². The van der Waals surface area contributed by atoms with E-state index in [-0.39, 0.29) is 6.71 Å². The van der Waals surface area contributed by atoms with Gasteiger partial charge in [-0.3, -0.25) is 0 Å². The predicted molar refractivity (Wildman–Crippen MR) is 109 cm³/mol. The Morgan fingerprint density at radius 2 is 1.52 bits per heavy atom. The van der Waals surface area contributed by atoms with Gasteiger partial charge in [0.25, 0.3) is 0 Å². The SMILES string of the molecule is C=CCB(c1ccc(OCC)cc1)c1ccc(OCC)cc1CC=C. The molecule has 130 valence electrons. The molecule has 0 radical (unpaired) electrons. The fraction of sp³-hybridized carbons (Fsp3) is 0.273. The maximum atomic E-state index is 5.66. The van der Waals surface area contributed by atoms with E-state index in [0.29, 0.717) is 13.2 Å². The molecule has 0 saturated heterocycles. The third kappa shape index (κ3) is 5.03. The second-order valence-electron chi connectivity index (χ2n) is 5.87. The molecule has 0 spiro atoms. The van der Waals surface area contributed by atoms with Crippen molar-refractivity contribution >= 4 is 17.6 Å². The molecule has 0 aliphatic carbocycles. The summed E-state index contributed by atoms with van der Waals surface area (Å²) in [4.78, 5) is 0. The van der Waals surface area contributed by atoms with E-state index in [1.54, 1.807) is 0 Å². The van der Waals surface area contributed by atoms with Gasteiger partial charge in [0.05, 0.1) is 13.2 Å². The monoisotopic (exact) mass is 334 g/mol. The van der Waals surface area contributed by atoms with Crippen LogP contribution in [0.5, 0.6) is 11.5 Å². The van der Waals surface area contributed by atoms with Crippen molar-refractivity contribution in [1.82, 2.24) is 0 Å². The van der Waals surface area contributed by atoms with E-state index in [1.165, 1.54) is 16.5 Å². The Labute approximate surface area is 152 Å². The number of ether oxygens (including phenoxy) is 2. The van der Waals surface area contributed by atoms with E-state index < -0.39 is 0 Å². The van der Waals surface area contributed by atoms with Crippen molar-refractivity contribution in [3.8, 4) is 11.5 Å². The van der Waals surface area contributed by atoms with Gasteiger partial charge in [0.2, 0.25) is 6.71 Å². The molecule has 2 nitrogen and oxygen atoms in total. The van der Waals surface area contributed by atoms with Gasteiger partial charge in [-0.05, 0) is 56.4 Å². The zero-order chi connectivity index (χ0) is 18.1. The van der Waals surface area contributed by atoms with Crippen LogP contribution >= 0.6 is 0 Å². The summed E-state index contributed by atoms with van der Waals surface area (Å²) in [6, 6.07) is 14.7. The molecule has 0 N–H and O–H groups in total. The van der Waals surface area contributed by atoms with Crippen LogP contribution in [0.15, 0.2) is 67.8 Å². The number of hydrogen-bond donors (Lipinski definition) is 0. The molecule has 0 aliphatic heterocycles. The van der Waals surface area contributed by atoms with E-state index in [9.17, 15) is 0 Å². The first-order valence-electron chi connectivity index (χ1n) is 8.93. The summed E-state index contributed by atoms with van der Waals surface area (Å²) < 4.78 is 11.2. The maximum absolute atomic E-state index is 5.66. The fourth-order valence-corrected chi connectivity index (χ4v) is 3.08. The minimum atomic E-state index is 0.263. The van der Waals surface area contributed by atoms with Gasteiger partial charge in [0, 0.05) is 0 Å². The summed E-state index contributed by atoms with van der Waals surface area (Å²) in [5.74, 6) is 1.81. The van der Waals surface area contributed by atoms with Crippen molar-refractivity contribution in [1.29, 1.82) is 0 Å². The first kappa shape index (κ1) is 18.9. The molecule has 25 heavy (non-hydrogen) atoms. The molecular formula is C22H27BO2. The molecule has 0 amide bonds. The van der Waals surface area contributed by atoms with Crippen LogP contribution < -0.4 is 20.4 Å². The van der Waals surface area contributed by atoms with Gasteiger partial charge in [-0.15, -0.1) is 13.2 Å². The maximum Gasteiger partial charge on any atom is 0.213 e. The molecule has 0 atom stereocenters. The molecule has 0 saturated carbocycles. The Morgan fingerprint density at radius 3 is 2.12 bits per heavy atom. The highest BCUT2D eigenvalue weighted by Gasteiger charge is 2.21. The average molecular weight is 334 g/mol. The van der Waals surface area contributed by atoms with Crippen molar-refractivity contribution in [2.24, 2.45) is 0 Å². The Balaban J connectivity index is 2.41. The second-order valence-corrected chi connectivity index (χ2v) is 5.87. The highest BCUT2D eigenvalue weighted by atomic mass is 16.5. The number of hydrogen-bond acceptors (Lipinski definition) is 2. The summed E-state index contributed by atoms with van der Waals surface area (Å²) in [6.07, 6.45) is 5.63. The molecular weight excluding hydrogens is 307 g/mol. The quantitative estimate of drug-likeness (QED) is 0.483. The lowest BCUT2D eigenvalue weighted by atomic mass is 9.38. The van der Waals surface area contributed by atoms with Gasteiger partial charge < -0.3 is 9.47 Å². The Kier molecular flexibility index (Phi) is 7.40. The molecule has 2 aromatic rings. The van der Waals surface area contributed by atoms with E-state index in [1.807, 2.05) is 38.1 Å². The van der Waals surface area contributed by atoms with Crippen molar-refractivity contribution in [2.75, 3.05) is 13.2 Å². The Morgan fingerprint density at radius 1 is 0.880 bits per heavy atom. The molecule has 2 rings (SSSR count). The van der Waals surface area contributed by atoms with Crippen molar-refractivity contribution in [2.45, 2.75) is 26.6 Å². The zero-order valence-corrected chi connectivity index (χ0v) is 15.3. The van der Waals surface area contributed by atoms with Gasteiger partial charge in [-0.25, -0.2) is 0 Å². The lowest BCUT2D eigenvalue weighted by molar-refractivity contribution is 0.340. The lowest BCUT2D eigenvalue weighted by Gasteiger charge is -2.18. The molecule has 0 heterocycles. The van der Waals surface area contributed by atoms with Crippen LogP contribution in [0, 0.1) is 0 Å². The van der Waals surface area contributed by atoms with Crippen molar-refractivity contribution in [3.05, 3.63) is 73.3 Å². The molecule has 3 heteroatoms. The van der Waals surface area contributed by atoms with E-state index in [4.69, 9.17) is 9.47 Å². The Hall–Kier alpha value is -2.42. The van der Waals surface area contributed by atoms with Gasteiger partial charge in [-0.1, -0.05) is 41.3 Å². The fourth-order valence-electron chi connectivity index (χ4n) is 3.08. The summed E-state index contributed by atoms with van der Waals surface area (Å²) in [6.45, 7) is 13.5. The molecule has 0 unspecified atom stereocenters. The highest BCUT2D eigenvalue weighted by molar-refractivity contribution is 6.85. The predicted octanol–water partition coefficient (Wildman–Crippen LogP) is 4.01. The third-order valence-corrected chi connectivity index (χ3v) is 4.16. The second kappa shape index (κ2) is 9.78. The summed E-state index contributed by atoms with van der Waals surface area (Å²) in [5, 5.41) is 0.